The predicted molar refractivity (Wildman–Crippen MR) is 94.6 cm³/mol. The summed E-state index contributed by atoms with van der Waals surface area (Å²) in [5, 5.41) is 12.4. The summed E-state index contributed by atoms with van der Waals surface area (Å²) in [4.78, 5) is 0. The lowest BCUT2D eigenvalue weighted by molar-refractivity contribution is -0.670. The van der Waals surface area contributed by atoms with Crippen LogP contribution in [0.2, 0.25) is 0 Å². The molecule has 2 aromatic carbocycles. The number of aromatic nitrogens is 1. The molecule has 0 saturated heterocycles. The van der Waals surface area contributed by atoms with Gasteiger partial charge in [0, 0.05) is 29.2 Å². The summed E-state index contributed by atoms with van der Waals surface area (Å²) < 4.78 is 7.90. The molecule has 1 heterocycles. The van der Waals surface area contributed by atoms with Crippen molar-refractivity contribution in [3.63, 3.8) is 0 Å². The predicted octanol–water partition coefficient (Wildman–Crippen LogP) is 2.70. The Morgan fingerprint density at radius 3 is 2.67 bits per heavy atom. The highest BCUT2D eigenvalue weighted by atomic mass is 16.5. The number of hydrogen-bond donors (Lipinski definition) is 1. The van der Waals surface area contributed by atoms with Crippen molar-refractivity contribution < 1.29 is 10.1 Å². The van der Waals surface area contributed by atoms with Crippen LogP contribution in [0.5, 0.6) is 5.75 Å². The topological polar surface area (TPSA) is 54.6 Å². The molecule has 2 N–H and O–H groups in total. The summed E-state index contributed by atoms with van der Waals surface area (Å²) in [6, 6.07) is 20.5. The number of rotatable bonds is 8. The number of nitrogens with zero attached hydrogens (tertiary/aromatic N) is 2. The molecule has 0 bridgehead atoms. The Hall–Kier alpha value is -2.77. The molecule has 1 aromatic heterocycles. The van der Waals surface area contributed by atoms with Crippen LogP contribution in [0.3, 0.4) is 0 Å². The maximum atomic E-state index is 8.82. The second-order valence-electron chi connectivity index (χ2n) is 5.72. The second kappa shape index (κ2) is 8.19. The minimum Gasteiger partial charge on any atom is -0.488 e. The van der Waals surface area contributed by atoms with E-state index in [2.05, 4.69) is 40.3 Å². The average molecular weight is 320 g/mol. The van der Waals surface area contributed by atoms with E-state index in [1.165, 1.54) is 16.5 Å². The van der Waals surface area contributed by atoms with Crippen LogP contribution in [0.25, 0.3) is 10.9 Å². The van der Waals surface area contributed by atoms with Crippen molar-refractivity contribution in [1.82, 2.24) is 4.57 Å². The van der Waals surface area contributed by atoms with Gasteiger partial charge in [0.2, 0.25) is 0 Å². The molecular formula is C20H22N3O+. The number of fused-ring (bicyclic) bond motifs is 1. The quantitative estimate of drug-likeness (QED) is 0.649. The summed E-state index contributed by atoms with van der Waals surface area (Å²) in [7, 11) is 0. The van der Waals surface area contributed by atoms with Crippen molar-refractivity contribution in [2.45, 2.75) is 19.5 Å². The van der Waals surface area contributed by atoms with Gasteiger partial charge in [-0.25, -0.2) is 0 Å². The summed E-state index contributed by atoms with van der Waals surface area (Å²) in [6.45, 7) is 3.26. The minimum absolute atomic E-state index is 0.534. The van der Waals surface area contributed by atoms with Crippen LogP contribution in [-0.4, -0.2) is 17.7 Å². The minimum atomic E-state index is 0.534. The third kappa shape index (κ3) is 3.95. The molecule has 122 valence electrons. The van der Waals surface area contributed by atoms with E-state index in [9.17, 15) is 0 Å². The van der Waals surface area contributed by atoms with Crippen LogP contribution in [0.1, 0.15) is 12.0 Å². The standard InChI is InChI=1S/C20H21N3O/c21-11-6-13-23-16-17(19-9-4-5-10-20(19)23)15-22-12-14-24-18-7-2-1-3-8-18/h1-5,7-10,16,22H,6,12-15H2/p+1. The van der Waals surface area contributed by atoms with Crippen LogP contribution in [0.4, 0.5) is 0 Å². The molecule has 0 radical (unpaired) electrons. The lowest BCUT2D eigenvalue weighted by atomic mass is 10.2. The Morgan fingerprint density at radius 2 is 1.83 bits per heavy atom. The molecule has 0 spiro atoms. The van der Waals surface area contributed by atoms with Gasteiger partial charge in [-0.05, 0) is 18.2 Å². The van der Waals surface area contributed by atoms with E-state index < -0.39 is 0 Å². The smallest absolute Gasteiger partial charge is 0.137 e. The van der Waals surface area contributed by atoms with Gasteiger partial charge in [0.1, 0.15) is 25.4 Å². The van der Waals surface area contributed by atoms with Crippen molar-refractivity contribution in [3.05, 3.63) is 66.4 Å². The lowest BCUT2D eigenvalue weighted by Gasteiger charge is -2.05. The lowest BCUT2D eigenvalue weighted by Crippen LogP contribution is -2.83. The highest BCUT2D eigenvalue weighted by molar-refractivity contribution is 5.83. The van der Waals surface area contributed by atoms with E-state index in [1.54, 1.807) is 0 Å². The molecule has 0 atom stereocenters. The SMILES string of the molecule is N#CCCn1cc(C[NH2+]CCOc2ccccc2)c2ccccc21. The molecule has 0 amide bonds. The summed E-state index contributed by atoms with van der Waals surface area (Å²) in [6.07, 6.45) is 2.71. The van der Waals surface area contributed by atoms with Gasteiger partial charge < -0.3 is 14.6 Å². The maximum absolute atomic E-state index is 8.82. The normalized spacial score (nSPS) is 10.6. The first-order valence-corrected chi connectivity index (χ1v) is 8.31. The molecule has 0 saturated carbocycles. The Morgan fingerprint density at radius 1 is 1.04 bits per heavy atom. The zero-order valence-electron chi connectivity index (χ0n) is 13.7. The van der Waals surface area contributed by atoms with Crippen LogP contribution in [0, 0.1) is 11.3 Å². The molecule has 0 fully saturated rings. The Balaban J connectivity index is 1.56. The molecule has 4 nitrogen and oxygen atoms in total. The first kappa shape index (κ1) is 16.1. The van der Waals surface area contributed by atoms with Crippen molar-refractivity contribution in [2.24, 2.45) is 0 Å². The van der Waals surface area contributed by atoms with Gasteiger partial charge in [0.15, 0.2) is 0 Å². The molecule has 24 heavy (non-hydrogen) atoms. The highest BCUT2D eigenvalue weighted by Crippen LogP contribution is 2.20. The van der Waals surface area contributed by atoms with E-state index >= 15 is 0 Å². The van der Waals surface area contributed by atoms with Gasteiger partial charge >= 0.3 is 0 Å². The average Bonchev–Trinajstić information content (AvgIpc) is 2.99. The molecule has 0 aliphatic carbocycles. The first-order valence-electron chi connectivity index (χ1n) is 8.31. The number of benzene rings is 2. The van der Waals surface area contributed by atoms with Crippen LogP contribution in [0.15, 0.2) is 60.8 Å². The first-order chi connectivity index (χ1) is 11.9. The van der Waals surface area contributed by atoms with Gasteiger partial charge in [-0.3, -0.25) is 0 Å². The van der Waals surface area contributed by atoms with Crippen molar-refractivity contribution >= 4 is 10.9 Å². The van der Waals surface area contributed by atoms with E-state index in [4.69, 9.17) is 10.00 Å². The Kier molecular flexibility index (Phi) is 5.49. The largest absolute Gasteiger partial charge is 0.488 e. The molecule has 3 rings (SSSR count). The number of para-hydroxylation sites is 2. The molecular weight excluding hydrogens is 298 g/mol. The Bertz CT molecular complexity index is 818. The van der Waals surface area contributed by atoms with Crippen molar-refractivity contribution in [2.75, 3.05) is 13.2 Å². The fraction of sp³-hybridized carbons (Fsp3) is 0.250. The third-order valence-corrected chi connectivity index (χ3v) is 4.03. The molecule has 0 aliphatic heterocycles. The van der Waals surface area contributed by atoms with E-state index in [1.807, 2.05) is 36.4 Å². The van der Waals surface area contributed by atoms with E-state index in [-0.39, 0.29) is 0 Å². The number of nitriles is 1. The summed E-state index contributed by atoms with van der Waals surface area (Å²) in [5.74, 6) is 0.916. The van der Waals surface area contributed by atoms with Crippen LogP contribution >= 0.6 is 0 Å². The summed E-state index contributed by atoms with van der Waals surface area (Å²) >= 11 is 0. The number of nitrogens with two attached hydrogens (primary N) is 1. The number of hydrogen-bond acceptors (Lipinski definition) is 2. The molecule has 0 aliphatic rings. The zero-order valence-corrected chi connectivity index (χ0v) is 13.7. The fourth-order valence-corrected chi connectivity index (χ4v) is 2.88. The second-order valence-corrected chi connectivity index (χ2v) is 5.72. The van der Waals surface area contributed by atoms with E-state index in [0.717, 1.165) is 25.4 Å². The van der Waals surface area contributed by atoms with Crippen LogP contribution in [-0.2, 0) is 13.1 Å². The van der Waals surface area contributed by atoms with Gasteiger partial charge in [-0.15, -0.1) is 0 Å². The third-order valence-electron chi connectivity index (χ3n) is 4.03. The molecule has 0 unspecified atom stereocenters. The van der Waals surface area contributed by atoms with Crippen molar-refractivity contribution in [1.29, 1.82) is 5.26 Å². The van der Waals surface area contributed by atoms with E-state index in [0.29, 0.717) is 13.0 Å². The Labute approximate surface area is 142 Å². The maximum Gasteiger partial charge on any atom is 0.137 e. The van der Waals surface area contributed by atoms with Gasteiger partial charge in [0.25, 0.3) is 0 Å². The fourth-order valence-electron chi connectivity index (χ4n) is 2.88. The monoisotopic (exact) mass is 320 g/mol. The van der Waals surface area contributed by atoms with Crippen molar-refractivity contribution in [3.8, 4) is 11.8 Å². The van der Waals surface area contributed by atoms with Gasteiger partial charge in [-0.1, -0.05) is 36.4 Å². The molecule has 3 aromatic rings. The highest BCUT2D eigenvalue weighted by Gasteiger charge is 2.09. The zero-order chi connectivity index (χ0) is 16.6. The number of ether oxygens (including phenoxy) is 1. The van der Waals surface area contributed by atoms with Crippen LogP contribution < -0.4 is 10.1 Å². The number of quaternary nitrogens is 1. The number of aryl methyl sites for hydroxylation is 1. The van der Waals surface area contributed by atoms with Gasteiger partial charge in [-0.2, -0.15) is 5.26 Å². The van der Waals surface area contributed by atoms with Gasteiger partial charge in [0.05, 0.1) is 12.5 Å². The summed E-state index contributed by atoms with van der Waals surface area (Å²) in [5.41, 5.74) is 2.51. The molecule has 4 heteroatoms.